The van der Waals surface area contributed by atoms with Gasteiger partial charge in [-0.3, -0.25) is 4.52 Å². The molecule has 0 aliphatic rings. The van der Waals surface area contributed by atoms with E-state index in [2.05, 4.69) is 10.1 Å². The van der Waals surface area contributed by atoms with E-state index in [-0.39, 0.29) is 5.69 Å². The Hall–Kier alpha value is -1.58. The quantitative estimate of drug-likeness (QED) is 0.553. The maximum Gasteiger partial charge on any atom is 0.360 e. The molecule has 0 unspecified atom stereocenters. The summed E-state index contributed by atoms with van der Waals surface area (Å²) in [5.41, 5.74) is 0.559. The van der Waals surface area contributed by atoms with Crippen molar-refractivity contribution < 1.29 is 0 Å². The van der Waals surface area contributed by atoms with Crippen LogP contribution in [0.5, 0.6) is 0 Å². The largest absolute Gasteiger partial charge is 0.360 e. The van der Waals surface area contributed by atoms with Gasteiger partial charge in [-0.15, -0.1) is 0 Å². The van der Waals surface area contributed by atoms with E-state index in [1.165, 1.54) is 6.20 Å². The van der Waals surface area contributed by atoms with E-state index in [1.54, 1.807) is 10.7 Å². The third kappa shape index (κ3) is 0.621. The summed E-state index contributed by atoms with van der Waals surface area (Å²) in [4.78, 5) is 14.1. The van der Waals surface area contributed by atoms with Crippen molar-refractivity contribution in [1.82, 2.24) is 14.6 Å². The van der Waals surface area contributed by atoms with Crippen LogP contribution >= 0.6 is 0 Å². The smallest absolute Gasteiger partial charge is 0.258 e. The molecule has 0 aliphatic carbocycles. The van der Waals surface area contributed by atoms with Crippen molar-refractivity contribution in [2.75, 3.05) is 0 Å². The van der Waals surface area contributed by atoms with E-state index in [9.17, 15) is 4.79 Å². The Morgan fingerprint density at radius 3 is 3.40 bits per heavy atom. The summed E-state index contributed by atoms with van der Waals surface area (Å²) in [5, 5.41) is 2.52. The first-order valence-electron chi connectivity index (χ1n) is 2.89. The Morgan fingerprint density at radius 1 is 1.60 bits per heavy atom. The van der Waals surface area contributed by atoms with Crippen molar-refractivity contribution in [1.29, 1.82) is 0 Å². The maximum absolute atomic E-state index is 10.6. The van der Waals surface area contributed by atoms with Crippen LogP contribution in [0, 0.1) is 0 Å². The van der Waals surface area contributed by atoms with Gasteiger partial charge in [-0.25, -0.2) is 9.89 Å². The second kappa shape index (κ2) is 1.70. The first kappa shape index (κ1) is 5.22. The number of H-pyrrole nitrogens is 1. The van der Waals surface area contributed by atoms with Gasteiger partial charge in [0.05, 0.1) is 11.7 Å². The van der Waals surface area contributed by atoms with Gasteiger partial charge >= 0.3 is 5.69 Å². The molecule has 0 saturated carbocycles. The summed E-state index contributed by atoms with van der Waals surface area (Å²) in [6.45, 7) is 0. The zero-order chi connectivity index (χ0) is 6.97. The highest BCUT2D eigenvalue weighted by Gasteiger charge is 1.89. The van der Waals surface area contributed by atoms with Crippen LogP contribution in [-0.4, -0.2) is 14.6 Å². The van der Waals surface area contributed by atoms with Crippen LogP contribution in [0.1, 0.15) is 0 Å². The van der Waals surface area contributed by atoms with Crippen LogP contribution in [0.3, 0.4) is 0 Å². The molecule has 2 aromatic heterocycles. The predicted octanol–water partition coefficient (Wildman–Crippen LogP) is 0.0226. The minimum absolute atomic E-state index is 0.330. The van der Waals surface area contributed by atoms with Gasteiger partial charge in [0.15, 0.2) is 0 Å². The van der Waals surface area contributed by atoms with Gasteiger partial charge in [-0.2, -0.15) is 4.98 Å². The lowest BCUT2D eigenvalue weighted by Gasteiger charge is -1.88. The fourth-order valence-corrected chi connectivity index (χ4v) is 0.858. The molecule has 10 heavy (non-hydrogen) atoms. The van der Waals surface area contributed by atoms with Gasteiger partial charge in [0.2, 0.25) is 0 Å². The van der Waals surface area contributed by atoms with Crippen LogP contribution in [0.4, 0.5) is 0 Å². The van der Waals surface area contributed by atoms with E-state index >= 15 is 0 Å². The summed E-state index contributed by atoms with van der Waals surface area (Å²) in [7, 11) is 0. The minimum atomic E-state index is -0.330. The third-order valence-electron chi connectivity index (χ3n) is 1.31. The molecule has 0 fully saturated rings. The average Bonchev–Trinajstić information content (AvgIpc) is 2.33. The summed E-state index contributed by atoms with van der Waals surface area (Å²) in [5.74, 6) is 0. The van der Waals surface area contributed by atoms with Crippen molar-refractivity contribution in [2.24, 2.45) is 0 Å². The van der Waals surface area contributed by atoms with E-state index in [0.717, 1.165) is 5.52 Å². The monoisotopic (exact) mass is 135 g/mol. The van der Waals surface area contributed by atoms with Crippen LogP contribution in [0.25, 0.3) is 5.52 Å². The van der Waals surface area contributed by atoms with Gasteiger partial charge < -0.3 is 0 Å². The molecule has 0 bridgehead atoms. The summed E-state index contributed by atoms with van der Waals surface area (Å²) < 4.78 is 1.62. The lowest BCUT2D eigenvalue weighted by atomic mass is 10.5. The molecule has 4 heteroatoms. The number of nitrogens with one attached hydrogen (secondary N) is 1. The fraction of sp³-hybridized carbons (Fsp3) is 0. The minimum Gasteiger partial charge on any atom is -0.258 e. The number of rotatable bonds is 0. The zero-order valence-electron chi connectivity index (χ0n) is 5.11. The van der Waals surface area contributed by atoms with Gasteiger partial charge in [0.25, 0.3) is 0 Å². The Kier molecular flexibility index (Phi) is 0.887. The van der Waals surface area contributed by atoms with Gasteiger partial charge in [-0.05, 0) is 12.1 Å². The molecular formula is C6H5N3O. The lowest BCUT2D eigenvalue weighted by molar-refractivity contribution is 0.860. The van der Waals surface area contributed by atoms with E-state index in [4.69, 9.17) is 0 Å². The van der Waals surface area contributed by atoms with E-state index in [0.29, 0.717) is 0 Å². The normalized spacial score (nSPS) is 10.4. The molecule has 0 aromatic carbocycles. The number of aromatic nitrogens is 3. The second-order valence-corrected chi connectivity index (χ2v) is 1.98. The molecule has 1 N–H and O–H groups in total. The SMILES string of the molecule is O=c1ncc2cccn2[nH]1. The Balaban J connectivity index is 2.99. The van der Waals surface area contributed by atoms with Crippen LogP contribution in [-0.2, 0) is 0 Å². The molecule has 0 atom stereocenters. The van der Waals surface area contributed by atoms with Crippen molar-refractivity contribution >= 4 is 5.52 Å². The Bertz CT molecular complexity index is 400. The number of hydrogen-bond donors (Lipinski definition) is 1. The fourth-order valence-electron chi connectivity index (χ4n) is 0.858. The second-order valence-electron chi connectivity index (χ2n) is 1.98. The number of nitrogens with zero attached hydrogens (tertiary/aromatic N) is 2. The van der Waals surface area contributed by atoms with Crippen LogP contribution < -0.4 is 5.69 Å². The third-order valence-corrected chi connectivity index (χ3v) is 1.31. The average molecular weight is 135 g/mol. The molecule has 0 saturated heterocycles. The summed E-state index contributed by atoms with van der Waals surface area (Å²) in [6.07, 6.45) is 3.29. The Labute approximate surface area is 56.1 Å². The highest BCUT2D eigenvalue weighted by molar-refractivity contribution is 5.42. The molecule has 2 aromatic rings. The number of fused-ring (bicyclic) bond motifs is 1. The van der Waals surface area contributed by atoms with Crippen molar-refractivity contribution in [3.8, 4) is 0 Å². The van der Waals surface area contributed by atoms with Gasteiger partial charge in [-0.1, -0.05) is 0 Å². The van der Waals surface area contributed by atoms with Gasteiger partial charge in [0.1, 0.15) is 0 Å². The first-order chi connectivity index (χ1) is 4.86. The first-order valence-corrected chi connectivity index (χ1v) is 2.89. The van der Waals surface area contributed by atoms with Crippen LogP contribution in [0.15, 0.2) is 29.3 Å². The zero-order valence-corrected chi connectivity index (χ0v) is 5.11. The summed E-state index contributed by atoms with van der Waals surface area (Å²) >= 11 is 0. The van der Waals surface area contributed by atoms with Crippen molar-refractivity contribution in [3.63, 3.8) is 0 Å². The molecule has 0 radical (unpaired) electrons. The Morgan fingerprint density at radius 2 is 2.50 bits per heavy atom. The highest BCUT2D eigenvalue weighted by atomic mass is 16.1. The van der Waals surface area contributed by atoms with E-state index < -0.39 is 0 Å². The van der Waals surface area contributed by atoms with Crippen molar-refractivity contribution in [3.05, 3.63) is 35.0 Å². The highest BCUT2D eigenvalue weighted by Crippen LogP contribution is 1.95. The molecular weight excluding hydrogens is 130 g/mol. The van der Waals surface area contributed by atoms with Crippen molar-refractivity contribution in [2.45, 2.75) is 0 Å². The van der Waals surface area contributed by atoms with Crippen LogP contribution in [0.2, 0.25) is 0 Å². The number of hydrogen-bond acceptors (Lipinski definition) is 2. The molecule has 0 amide bonds. The molecule has 2 rings (SSSR count). The predicted molar refractivity (Wildman–Crippen MR) is 35.8 cm³/mol. The molecule has 50 valence electrons. The standard InChI is InChI=1S/C6H5N3O/c10-6-7-4-5-2-1-3-9(5)8-6/h1-4H,(H,8,10). The molecule has 4 nitrogen and oxygen atoms in total. The topological polar surface area (TPSA) is 50.2 Å². The number of aromatic amines is 1. The lowest BCUT2D eigenvalue weighted by Crippen LogP contribution is -2.12. The summed E-state index contributed by atoms with van der Waals surface area (Å²) in [6, 6.07) is 3.70. The molecule has 0 spiro atoms. The molecule has 0 aliphatic heterocycles. The molecule has 2 heterocycles. The van der Waals surface area contributed by atoms with E-state index in [1.807, 2.05) is 12.1 Å². The van der Waals surface area contributed by atoms with Gasteiger partial charge in [0, 0.05) is 6.20 Å². The maximum atomic E-state index is 10.6.